The van der Waals surface area contributed by atoms with Gasteiger partial charge in [-0.25, -0.2) is 8.42 Å². The van der Waals surface area contributed by atoms with E-state index in [1.165, 1.54) is 5.57 Å². The maximum absolute atomic E-state index is 14.5. The molecule has 2 unspecified atom stereocenters. The van der Waals surface area contributed by atoms with Crippen molar-refractivity contribution in [2.45, 2.75) is 122 Å². The summed E-state index contributed by atoms with van der Waals surface area (Å²) in [5.41, 5.74) is 5.43. The van der Waals surface area contributed by atoms with Crippen molar-refractivity contribution in [3.63, 3.8) is 0 Å². The molecule has 0 bridgehead atoms. The normalized spacial score (nSPS) is 18.6. The van der Waals surface area contributed by atoms with Gasteiger partial charge in [-0.1, -0.05) is 86.2 Å². The number of hydrogen-bond donors (Lipinski definition) is 0. The molecule has 0 aromatic heterocycles. The lowest BCUT2D eigenvalue weighted by atomic mass is 9.83. The summed E-state index contributed by atoms with van der Waals surface area (Å²) in [6.45, 7) is 16.7. The minimum Gasteiger partial charge on any atom is -0.488 e. The summed E-state index contributed by atoms with van der Waals surface area (Å²) in [5.74, 6) is 1.43. The van der Waals surface area contributed by atoms with Crippen molar-refractivity contribution < 1.29 is 30.5 Å². The SMILES string of the molecule is CC(C)=CCC[C@@H](C)C/C=C/[C@@H](C)C([C@H](CC1(C)CCc2c(C)c(OCc3ccccc3)c(C)c(C)c2O1)OS(C)(=O)=O)S(=O)(=O)c1ccccc1. The smallest absolute Gasteiger partial charge is 0.264 e. The Hall–Kier alpha value is -3.40. The Balaban J connectivity index is 1.68. The summed E-state index contributed by atoms with van der Waals surface area (Å²) in [7, 11) is -8.12. The van der Waals surface area contributed by atoms with E-state index in [9.17, 15) is 16.8 Å². The molecule has 0 saturated carbocycles. The highest BCUT2D eigenvalue weighted by atomic mass is 32.2. The zero-order valence-electron chi connectivity index (χ0n) is 32.4. The van der Waals surface area contributed by atoms with Crippen molar-refractivity contribution in [2.75, 3.05) is 6.26 Å². The van der Waals surface area contributed by atoms with Gasteiger partial charge in [0.05, 0.1) is 22.5 Å². The molecule has 284 valence electrons. The Morgan fingerprint density at radius 1 is 0.923 bits per heavy atom. The molecule has 3 aromatic carbocycles. The van der Waals surface area contributed by atoms with Crippen molar-refractivity contribution in [3.05, 3.63) is 112 Å². The summed E-state index contributed by atoms with van der Waals surface area (Å²) < 4.78 is 73.8. The van der Waals surface area contributed by atoms with Crippen LogP contribution in [0.15, 0.2) is 89.4 Å². The quantitative estimate of drug-likeness (QED) is 0.100. The summed E-state index contributed by atoms with van der Waals surface area (Å²) in [6, 6.07) is 18.3. The number of ether oxygens (including phenoxy) is 2. The molecule has 0 fully saturated rings. The van der Waals surface area contributed by atoms with Crippen molar-refractivity contribution in [1.82, 2.24) is 0 Å². The third-order valence-electron chi connectivity index (χ3n) is 10.2. The third kappa shape index (κ3) is 10.8. The molecule has 0 N–H and O–H groups in total. The second kappa shape index (κ2) is 17.6. The van der Waals surface area contributed by atoms with Crippen molar-refractivity contribution in [2.24, 2.45) is 11.8 Å². The molecule has 1 heterocycles. The zero-order chi connectivity index (χ0) is 38.3. The number of fused-ring (bicyclic) bond motifs is 1. The lowest BCUT2D eigenvalue weighted by Crippen LogP contribution is -2.48. The largest absolute Gasteiger partial charge is 0.488 e. The molecule has 1 aliphatic rings. The summed E-state index contributed by atoms with van der Waals surface area (Å²) in [5, 5.41) is -1.19. The maximum Gasteiger partial charge on any atom is 0.264 e. The Kier molecular flexibility index (Phi) is 14.0. The zero-order valence-corrected chi connectivity index (χ0v) is 34.1. The average molecular weight is 751 g/mol. The molecule has 0 spiro atoms. The van der Waals surface area contributed by atoms with Gasteiger partial charge in [0.1, 0.15) is 23.7 Å². The minimum absolute atomic E-state index is 0.0529. The number of rotatable bonds is 17. The van der Waals surface area contributed by atoms with E-state index >= 15 is 0 Å². The van der Waals surface area contributed by atoms with Crippen LogP contribution in [0.3, 0.4) is 0 Å². The predicted molar refractivity (Wildman–Crippen MR) is 211 cm³/mol. The molecule has 0 radical (unpaired) electrons. The summed E-state index contributed by atoms with van der Waals surface area (Å²) in [4.78, 5) is 0.127. The highest BCUT2D eigenvalue weighted by molar-refractivity contribution is 7.92. The number of allylic oxidation sites excluding steroid dienone is 4. The highest BCUT2D eigenvalue weighted by Gasteiger charge is 2.46. The van der Waals surface area contributed by atoms with E-state index in [2.05, 4.69) is 26.8 Å². The third-order valence-corrected chi connectivity index (χ3v) is 13.2. The molecule has 5 atom stereocenters. The first-order valence-electron chi connectivity index (χ1n) is 18.4. The molecule has 7 nitrogen and oxygen atoms in total. The van der Waals surface area contributed by atoms with Crippen molar-refractivity contribution in [1.29, 1.82) is 0 Å². The standard InChI is InChI=1S/C43H58O7S2/c1-30(2)18-16-19-31(3)20-17-21-32(4)42(52(46,47)37-24-14-11-15-25-37)39(50-51(9,44)45)28-43(8)27-26-38-35(7)40(33(5)34(6)41(38)49-43)48-29-36-22-12-10-13-23-36/h10-15,17-18,21-25,31-32,39,42H,16,19-20,26-29H2,1-9H3/b21-17+/t31-,32-,39+,42?,43?/m1/s1. The second-order valence-electron chi connectivity index (χ2n) is 15.2. The summed E-state index contributed by atoms with van der Waals surface area (Å²) >= 11 is 0. The molecule has 0 saturated heterocycles. The van der Waals surface area contributed by atoms with Crippen LogP contribution < -0.4 is 9.47 Å². The van der Waals surface area contributed by atoms with E-state index in [1.54, 1.807) is 30.3 Å². The molecular weight excluding hydrogens is 693 g/mol. The monoisotopic (exact) mass is 750 g/mol. The Morgan fingerprint density at radius 3 is 2.17 bits per heavy atom. The highest BCUT2D eigenvalue weighted by Crippen LogP contribution is 2.46. The predicted octanol–water partition coefficient (Wildman–Crippen LogP) is 9.82. The number of benzene rings is 3. The number of hydrogen-bond acceptors (Lipinski definition) is 7. The van der Waals surface area contributed by atoms with E-state index in [-0.39, 0.29) is 11.3 Å². The van der Waals surface area contributed by atoms with Crippen LogP contribution in [0.1, 0.15) is 94.5 Å². The molecule has 0 amide bonds. The molecular formula is C43H58O7S2. The molecule has 52 heavy (non-hydrogen) atoms. The molecule has 3 aromatic rings. The first-order chi connectivity index (χ1) is 24.4. The van der Waals surface area contributed by atoms with Crippen LogP contribution in [-0.2, 0) is 37.2 Å². The van der Waals surface area contributed by atoms with Crippen LogP contribution in [0.4, 0.5) is 0 Å². The Morgan fingerprint density at radius 2 is 1.56 bits per heavy atom. The fraction of sp³-hybridized carbons (Fsp3) is 0.488. The lowest BCUT2D eigenvalue weighted by molar-refractivity contribution is 0.0148. The Labute approximate surface area is 313 Å². The van der Waals surface area contributed by atoms with E-state index in [0.717, 1.165) is 64.8 Å². The molecule has 0 aliphatic carbocycles. The fourth-order valence-corrected chi connectivity index (χ4v) is 9.99. The van der Waals surface area contributed by atoms with Crippen LogP contribution in [0.5, 0.6) is 11.5 Å². The van der Waals surface area contributed by atoms with Gasteiger partial charge in [0.15, 0.2) is 9.84 Å². The first kappa shape index (κ1) is 41.4. The lowest BCUT2D eigenvalue weighted by Gasteiger charge is -2.41. The van der Waals surface area contributed by atoms with Gasteiger partial charge < -0.3 is 9.47 Å². The van der Waals surface area contributed by atoms with Gasteiger partial charge in [-0.15, -0.1) is 0 Å². The van der Waals surface area contributed by atoms with Gasteiger partial charge >= 0.3 is 0 Å². The van der Waals surface area contributed by atoms with Crippen LogP contribution in [-0.4, -0.2) is 40.0 Å². The molecule has 9 heteroatoms. The molecule has 4 rings (SSSR count). The minimum atomic E-state index is -4.06. The maximum atomic E-state index is 14.5. The Bertz CT molecular complexity index is 1930. The van der Waals surface area contributed by atoms with Crippen LogP contribution in [0, 0.1) is 32.6 Å². The van der Waals surface area contributed by atoms with Crippen molar-refractivity contribution >= 4 is 20.0 Å². The van der Waals surface area contributed by atoms with E-state index in [4.69, 9.17) is 13.7 Å². The van der Waals surface area contributed by atoms with E-state index in [1.807, 2.05) is 77.1 Å². The van der Waals surface area contributed by atoms with Gasteiger partial charge in [-0.3, -0.25) is 4.18 Å². The summed E-state index contributed by atoms with van der Waals surface area (Å²) in [6.07, 6.45) is 9.98. The van der Waals surface area contributed by atoms with E-state index < -0.39 is 42.8 Å². The topological polar surface area (TPSA) is 96.0 Å². The van der Waals surface area contributed by atoms with Gasteiger partial charge in [0, 0.05) is 12.0 Å². The van der Waals surface area contributed by atoms with Crippen molar-refractivity contribution in [3.8, 4) is 11.5 Å². The first-order valence-corrected chi connectivity index (χ1v) is 21.7. The van der Waals surface area contributed by atoms with Crippen LogP contribution in [0.25, 0.3) is 0 Å². The van der Waals surface area contributed by atoms with E-state index in [0.29, 0.717) is 25.4 Å². The average Bonchev–Trinajstić information content (AvgIpc) is 3.07. The van der Waals surface area contributed by atoms with Gasteiger partial charge in [0.25, 0.3) is 10.1 Å². The van der Waals surface area contributed by atoms with Crippen LogP contribution >= 0.6 is 0 Å². The van der Waals surface area contributed by atoms with Gasteiger partial charge in [0.2, 0.25) is 0 Å². The van der Waals surface area contributed by atoms with Gasteiger partial charge in [-0.2, -0.15) is 8.42 Å². The molecule has 1 aliphatic heterocycles. The van der Waals surface area contributed by atoms with Gasteiger partial charge in [-0.05, 0) is 120 Å². The second-order valence-corrected chi connectivity index (χ2v) is 18.9. The fourth-order valence-electron chi connectivity index (χ4n) is 7.22. The van der Waals surface area contributed by atoms with Crippen LogP contribution in [0.2, 0.25) is 0 Å². The number of sulfone groups is 1.